The van der Waals surface area contributed by atoms with Crippen LogP contribution < -0.4 is 5.73 Å². The summed E-state index contributed by atoms with van der Waals surface area (Å²) >= 11 is 0. The summed E-state index contributed by atoms with van der Waals surface area (Å²) < 4.78 is 0. The number of nitrogens with two attached hydrogens (primary N) is 1. The Morgan fingerprint density at radius 1 is 1.38 bits per heavy atom. The zero-order valence-electron chi connectivity index (χ0n) is 11.1. The van der Waals surface area contributed by atoms with Crippen LogP contribution in [0.15, 0.2) is 0 Å². The quantitative estimate of drug-likeness (QED) is 0.782. The first-order valence-corrected chi connectivity index (χ1v) is 6.71. The van der Waals surface area contributed by atoms with Gasteiger partial charge in [0, 0.05) is 31.2 Å². The summed E-state index contributed by atoms with van der Waals surface area (Å²) in [5, 5.41) is 0. The molecule has 2 fully saturated rings. The Morgan fingerprint density at radius 2 is 2.12 bits per heavy atom. The highest BCUT2D eigenvalue weighted by atomic mass is 15.3. The fourth-order valence-electron chi connectivity index (χ4n) is 3.70. The predicted octanol–water partition coefficient (Wildman–Crippen LogP) is 1.14. The summed E-state index contributed by atoms with van der Waals surface area (Å²) in [6.07, 6.45) is 5.34. The van der Waals surface area contributed by atoms with Crippen LogP contribution in [0.5, 0.6) is 0 Å². The second-order valence-corrected chi connectivity index (χ2v) is 5.95. The molecule has 3 atom stereocenters. The number of hydrogen-bond donors (Lipinski definition) is 1. The van der Waals surface area contributed by atoms with Crippen molar-refractivity contribution >= 4 is 0 Å². The van der Waals surface area contributed by atoms with Gasteiger partial charge in [-0.2, -0.15) is 0 Å². The van der Waals surface area contributed by atoms with Crippen molar-refractivity contribution in [1.29, 1.82) is 0 Å². The lowest BCUT2D eigenvalue weighted by Gasteiger charge is -2.42. The highest BCUT2D eigenvalue weighted by molar-refractivity contribution is 5.03. The molecule has 0 amide bonds. The smallest absolute Gasteiger partial charge is 0.0357 e. The molecule has 1 aliphatic carbocycles. The van der Waals surface area contributed by atoms with E-state index >= 15 is 0 Å². The number of nitrogens with zero attached hydrogens (tertiary/aromatic N) is 2. The molecule has 0 spiro atoms. The molecule has 2 N–H and O–H groups in total. The van der Waals surface area contributed by atoms with E-state index in [0.29, 0.717) is 5.54 Å². The van der Waals surface area contributed by atoms with Crippen molar-refractivity contribution in [3.05, 3.63) is 0 Å². The molecule has 0 aromatic rings. The Kier molecular flexibility index (Phi) is 3.57. The minimum Gasteiger partial charge on any atom is -0.329 e. The Labute approximate surface area is 100.0 Å². The Hall–Kier alpha value is -0.120. The molecule has 16 heavy (non-hydrogen) atoms. The van der Waals surface area contributed by atoms with Crippen molar-refractivity contribution in [2.24, 2.45) is 11.7 Å². The summed E-state index contributed by atoms with van der Waals surface area (Å²) in [5.74, 6) is 0.776. The molecule has 3 nitrogen and oxygen atoms in total. The molecule has 94 valence electrons. The van der Waals surface area contributed by atoms with E-state index in [1.54, 1.807) is 0 Å². The number of hydrogen-bond acceptors (Lipinski definition) is 3. The van der Waals surface area contributed by atoms with Gasteiger partial charge in [-0.25, -0.2) is 0 Å². The summed E-state index contributed by atoms with van der Waals surface area (Å²) in [5.41, 5.74) is 6.43. The molecule has 1 saturated carbocycles. The van der Waals surface area contributed by atoms with Gasteiger partial charge >= 0.3 is 0 Å². The molecular formula is C13H27N3. The zero-order valence-corrected chi connectivity index (χ0v) is 11.1. The van der Waals surface area contributed by atoms with Crippen molar-refractivity contribution in [1.82, 2.24) is 9.80 Å². The van der Waals surface area contributed by atoms with E-state index in [2.05, 4.69) is 30.8 Å². The van der Waals surface area contributed by atoms with Crippen LogP contribution in [0.4, 0.5) is 0 Å². The van der Waals surface area contributed by atoms with E-state index in [1.807, 2.05) is 0 Å². The molecule has 0 radical (unpaired) electrons. The van der Waals surface area contributed by atoms with E-state index in [0.717, 1.165) is 18.5 Å². The van der Waals surface area contributed by atoms with E-state index < -0.39 is 0 Å². The summed E-state index contributed by atoms with van der Waals surface area (Å²) in [7, 11) is 4.39. The predicted molar refractivity (Wildman–Crippen MR) is 68.5 cm³/mol. The lowest BCUT2D eigenvalue weighted by Crippen LogP contribution is -2.55. The van der Waals surface area contributed by atoms with Crippen LogP contribution in [-0.4, -0.2) is 55.1 Å². The van der Waals surface area contributed by atoms with Gasteiger partial charge in [0.05, 0.1) is 0 Å². The lowest BCUT2D eigenvalue weighted by molar-refractivity contribution is 0.0821. The van der Waals surface area contributed by atoms with Crippen molar-refractivity contribution in [3.63, 3.8) is 0 Å². The SMILES string of the molecule is CC1CCCC1(CN)N1CCC(N(C)C)C1. The minimum atomic E-state index is 0.324. The van der Waals surface area contributed by atoms with Crippen LogP contribution in [0.2, 0.25) is 0 Å². The second kappa shape index (κ2) is 4.63. The van der Waals surface area contributed by atoms with Gasteiger partial charge in [-0.15, -0.1) is 0 Å². The summed E-state index contributed by atoms with van der Waals surface area (Å²) in [6.45, 7) is 5.69. The van der Waals surface area contributed by atoms with E-state index in [-0.39, 0.29) is 0 Å². The molecule has 1 aliphatic heterocycles. The normalized spacial score (nSPS) is 41.1. The fourth-order valence-corrected chi connectivity index (χ4v) is 3.70. The molecular weight excluding hydrogens is 198 g/mol. The molecule has 1 heterocycles. The summed E-state index contributed by atoms with van der Waals surface area (Å²) in [4.78, 5) is 5.05. The first kappa shape index (κ1) is 12.3. The van der Waals surface area contributed by atoms with Gasteiger partial charge in [-0.05, 0) is 39.3 Å². The lowest BCUT2D eigenvalue weighted by atomic mass is 9.86. The second-order valence-electron chi connectivity index (χ2n) is 5.95. The van der Waals surface area contributed by atoms with Crippen LogP contribution in [0.25, 0.3) is 0 Å². The van der Waals surface area contributed by atoms with Crippen LogP contribution in [0.1, 0.15) is 32.6 Å². The number of rotatable bonds is 3. The Morgan fingerprint density at radius 3 is 2.56 bits per heavy atom. The topological polar surface area (TPSA) is 32.5 Å². The van der Waals surface area contributed by atoms with Gasteiger partial charge in [0.2, 0.25) is 0 Å². The first-order valence-electron chi connectivity index (χ1n) is 6.71. The third-order valence-electron chi connectivity index (χ3n) is 5.04. The standard InChI is InChI=1S/C13H27N3/c1-11-5-4-7-13(11,10-14)16-8-6-12(9-16)15(2)3/h11-12H,4-10,14H2,1-3H3. The van der Waals surface area contributed by atoms with Crippen molar-refractivity contribution in [3.8, 4) is 0 Å². The fraction of sp³-hybridized carbons (Fsp3) is 1.00. The van der Waals surface area contributed by atoms with Crippen molar-refractivity contribution in [2.45, 2.75) is 44.2 Å². The van der Waals surface area contributed by atoms with E-state index in [1.165, 1.54) is 38.8 Å². The van der Waals surface area contributed by atoms with Crippen LogP contribution in [0.3, 0.4) is 0 Å². The van der Waals surface area contributed by atoms with Gasteiger partial charge in [0.1, 0.15) is 0 Å². The van der Waals surface area contributed by atoms with Crippen molar-refractivity contribution in [2.75, 3.05) is 33.7 Å². The minimum absolute atomic E-state index is 0.324. The molecule has 0 aromatic carbocycles. The van der Waals surface area contributed by atoms with Gasteiger partial charge in [-0.3, -0.25) is 4.90 Å². The third-order valence-corrected chi connectivity index (χ3v) is 5.04. The maximum absolute atomic E-state index is 6.11. The highest BCUT2D eigenvalue weighted by Gasteiger charge is 2.46. The average Bonchev–Trinajstić information content (AvgIpc) is 2.84. The van der Waals surface area contributed by atoms with E-state index in [9.17, 15) is 0 Å². The van der Waals surface area contributed by atoms with Crippen LogP contribution in [-0.2, 0) is 0 Å². The highest BCUT2D eigenvalue weighted by Crippen LogP contribution is 2.41. The maximum Gasteiger partial charge on any atom is 0.0357 e. The van der Waals surface area contributed by atoms with Gasteiger partial charge < -0.3 is 10.6 Å². The zero-order chi connectivity index (χ0) is 11.8. The van der Waals surface area contributed by atoms with Gasteiger partial charge in [0.15, 0.2) is 0 Å². The monoisotopic (exact) mass is 225 g/mol. The summed E-state index contributed by atoms with van der Waals surface area (Å²) in [6, 6.07) is 0.733. The van der Waals surface area contributed by atoms with Crippen LogP contribution in [0, 0.1) is 5.92 Å². The third kappa shape index (κ3) is 1.89. The number of likely N-dealkylation sites (N-methyl/N-ethyl adjacent to an activating group) is 1. The molecule has 0 bridgehead atoms. The molecule has 3 heteroatoms. The maximum atomic E-state index is 6.11. The molecule has 2 aliphatic rings. The Balaban J connectivity index is 2.06. The van der Waals surface area contributed by atoms with Gasteiger partial charge in [-0.1, -0.05) is 13.3 Å². The molecule has 3 unspecified atom stereocenters. The van der Waals surface area contributed by atoms with Crippen LogP contribution >= 0.6 is 0 Å². The molecule has 0 aromatic heterocycles. The largest absolute Gasteiger partial charge is 0.329 e. The number of likely N-dealkylation sites (tertiary alicyclic amines) is 1. The van der Waals surface area contributed by atoms with Gasteiger partial charge in [0.25, 0.3) is 0 Å². The first-order chi connectivity index (χ1) is 7.60. The average molecular weight is 225 g/mol. The van der Waals surface area contributed by atoms with E-state index in [4.69, 9.17) is 5.73 Å². The van der Waals surface area contributed by atoms with Crippen molar-refractivity contribution < 1.29 is 0 Å². The Bertz CT molecular complexity index is 241. The molecule has 2 rings (SSSR count). The molecule has 1 saturated heterocycles.